The number of nitrogens with zero attached hydrogens (tertiary/aromatic N) is 6. The van der Waals surface area contributed by atoms with E-state index in [0.29, 0.717) is 0 Å². The van der Waals surface area contributed by atoms with E-state index in [-0.39, 0.29) is 55.0 Å². The molecule has 3 aromatic carbocycles. The van der Waals surface area contributed by atoms with Crippen LogP contribution in [0.15, 0.2) is 48.5 Å². The lowest BCUT2D eigenvalue weighted by Gasteiger charge is -2.11. The molecule has 6 nitrogen and oxygen atoms in total. The molecule has 0 saturated carbocycles. The topological polar surface area (TPSA) is 143 Å². The van der Waals surface area contributed by atoms with Crippen molar-refractivity contribution in [1.29, 1.82) is 31.6 Å². The molecule has 0 unspecified atom stereocenters. The number of hydrogen-bond acceptors (Lipinski definition) is 6. The molecule has 0 aliphatic heterocycles. The highest BCUT2D eigenvalue weighted by molar-refractivity contribution is 5.85. The normalized spacial score (nSPS) is 9.29. The van der Waals surface area contributed by atoms with Gasteiger partial charge in [0, 0.05) is 10.4 Å². The molecule has 0 bridgehead atoms. The standard InChI is InChI=1S/C26H8F2N6/c27-25-3-1-15(5-17(25)9-29)21-7-24(20(13-33)14-34)22(8-23(21)19(11-31)12-32)16-2-4-26(28)18(6-16)10-30/h1-8H. The highest BCUT2D eigenvalue weighted by atomic mass is 19.1. The monoisotopic (exact) mass is 442 g/mol. The Labute approximate surface area is 192 Å². The first kappa shape index (κ1) is 22.9. The quantitative estimate of drug-likeness (QED) is 0.595. The Morgan fingerprint density at radius 3 is 1.18 bits per heavy atom. The molecule has 0 saturated heterocycles. The fraction of sp³-hybridized carbons (Fsp3) is 0. The maximum atomic E-state index is 13.9. The second-order valence-electron chi connectivity index (χ2n) is 6.75. The molecule has 0 aliphatic carbocycles. The first-order valence-electron chi connectivity index (χ1n) is 9.35. The maximum absolute atomic E-state index is 13.9. The van der Waals surface area contributed by atoms with Crippen molar-refractivity contribution in [3.63, 3.8) is 0 Å². The van der Waals surface area contributed by atoms with E-state index in [2.05, 4.69) is 0 Å². The molecule has 0 amide bonds. The van der Waals surface area contributed by atoms with Crippen LogP contribution in [0.2, 0.25) is 0 Å². The molecule has 0 heterocycles. The van der Waals surface area contributed by atoms with E-state index in [1.54, 1.807) is 36.4 Å². The molecular formula is C26H8F2N6. The molecule has 0 N–H and O–H groups in total. The van der Waals surface area contributed by atoms with Crippen molar-refractivity contribution in [2.24, 2.45) is 0 Å². The molecule has 0 atom stereocenters. The van der Waals surface area contributed by atoms with E-state index in [1.165, 1.54) is 36.4 Å². The van der Waals surface area contributed by atoms with Crippen LogP contribution in [0.3, 0.4) is 0 Å². The number of halogens is 2. The van der Waals surface area contributed by atoms with Crippen LogP contribution >= 0.6 is 0 Å². The molecule has 156 valence electrons. The lowest BCUT2D eigenvalue weighted by molar-refractivity contribution is 0.623. The minimum atomic E-state index is -0.772. The van der Waals surface area contributed by atoms with Crippen LogP contribution in [0.25, 0.3) is 33.4 Å². The number of nitriles is 6. The molecule has 0 spiro atoms. The van der Waals surface area contributed by atoms with E-state index in [1.807, 2.05) is 0 Å². The van der Waals surface area contributed by atoms with Crippen molar-refractivity contribution >= 4 is 11.1 Å². The zero-order valence-corrected chi connectivity index (χ0v) is 17.1. The molecular weight excluding hydrogens is 434 g/mol. The molecule has 0 radical (unpaired) electrons. The van der Waals surface area contributed by atoms with Crippen LogP contribution < -0.4 is 10.4 Å². The third kappa shape index (κ3) is 4.04. The summed E-state index contributed by atoms with van der Waals surface area (Å²) < 4.78 is 27.8. The van der Waals surface area contributed by atoms with Crippen LogP contribution in [0.4, 0.5) is 8.78 Å². The van der Waals surface area contributed by atoms with E-state index >= 15 is 0 Å². The first-order chi connectivity index (χ1) is 16.4. The molecule has 3 rings (SSSR count). The molecule has 34 heavy (non-hydrogen) atoms. The summed E-state index contributed by atoms with van der Waals surface area (Å²) in [6.07, 6.45) is 0. The SMILES string of the molecule is N#CC(C#N)=c1cc(-c2ccc(F)c(C#N)c2)c(=C(C#N)C#N)cc1-c1ccc(F)c(C#N)c1. The highest BCUT2D eigenvalue weighted by Crippen LogP contribution is 2.23. The largest absolute Gasteiger partial charge is 0.206 e. The van der Waals surface area contributed by atoms with Gasteiger partial charge < -0.3 is 0 Å². The fourth-order valence-corrected chi connectivity index (χ4v) is 3.34. The summed E-state index contributed by atoms with van der Waals surface area (Å²) in [7, 11) is 0. The second-order valence-corrected chi connectivity index (χ2v) is 6.75. The van der Waals surface area contributed by atoms with E-state index in [9.17, 15) is 40.4 Å². The van der Waals surface area contributed by atoms with E-state index < -0.39 is 11.6 Å². The predicted octanol–water partition coefficient (Wildman–Crippen LogP) is 3.44. The zero-order chi connectivity index (χ0) is 24.8. The van der Waals surface area contributed by atoms with Gasteiger partial charge in [0.15, 0.2) is 0 Å². The van der Waals surface area contributed by atoms with Crippen LogP contribution in [-0.2, 0) is 0 Å². The van der Waals surface area contributed by atoms with Gasteiger partial charge in [0.25, 0.3) is 0 Å². The van der Waals surface area contributed by atoms with Crippen molar-refractivity contribution < 1.29 is 8.78 Å². The molecule has 0 aliphatic rings. The number of benzene rings is 3. The van der Waals surface area contributed by atoms with Gasteiger partial charge in [-0.1, -0.05) is 12.1 Å². The van der Waals surface area contributed by atoms with E-state index in [4.69, 9.17) is 0 Å². The highest BCUT2D eigenvalue weighted by Gasteiger charge is 2.15. The summed E-state index contributed by atoms with van der Waals surface area (Å²) in [5.41, 5.74) is -0.324. The van der Waals surface area contributed by atoms with Crippen molar-refractivity contribution in [2.45, 2.75) is 0 Å². The molecule has 0 fully saturated rings. The Kier molecular flexibility index (Phi) is 6.43. The van der Waals surface area contributed by atoms with Crippen LogP contribution in [0, 0.1) is 79.6 Å². The van der Waals surface area contributed by atoms with Gasteiger partial charge >= 0.3 is 0 Å². The molecule has 8 heteroatoms. The lowest BCUT2D eigenvalue weighted by atomic mass is 9.91. The van der Waals surface area contributed by atoms with Gasteiger partial charge in [-0.05, 0) is 58.7 Å². The summed E-state index contributed by atoms with van der Waals surface area (Å²) >= 11 is 0. The number of rotatable bonds is 2. The average Bonchev–Trinajstić information content (AvgIpc) is 2.86. The summed E-state index contributed by atoms with van der Waals surface area (Å²) in [6.45, 7) is 0. The van der Waals surface area contributed by atoms with Gasteiger partial charge in [0.2, 0.25) is 0 Å². The maximum Gasteiger partial charge on any atom is 0.140 e. The van der Waals surface area contributed by atoms with E-state index in [0.717, 1.165) is 12.1 Å². The third-order valence-electron chi connectivity index (χ3n) is 4.94. The predicted molar refractivity (Wildman–Crippen MR) is 115 cm³/mol. The summed E-state index contributed by atoms with van der Waals surface area (Å²) in [5.74, 6) is -1.54. The molecule has 0 aromatic heterocycles. The number of hydrogen-bond donors (Lipinski definition) is 0. The Morgan fingerprint density at radius 2 is 0.882 bits per heavy atom. The van der Waals surface area contributed by atoms with Crippen molar-refractivity contribution in [2.75, 3.05) is 0 Å². The zero-order valence-electron chi connectivity index (χ0n) is 17.1. The first-order valence-corrected chi connectivity index (χ1v) is 9.35. The van der Waals surface area contributed by atoms with Gasteiger partial charge in [-0.2, -0.15) is 31.6 Å². The summed E-state index contributed by atoms with van der Waals surface area (Å²) in [5, 5.41) is 56.6. The smallest absolute Gasteiger partial charge is 0.140 e. The van der Waals surface area contributed by atoms with Crippen molar-refractivity contribution in [1.82, 2.24) is 0 Å². The fourth-order valence-electron chi connectivity index (χ4n) is 3.34. The Morgan fingerprint density at radius 1 is 0.529 bits per heavy atom. The molecule has 3 aromatic rings. The summed E-state index contributed by atoms with van der Waals surface area (Å²) in [4.78, 5) is 0. The third-order valence-corrected chi connectivity index (χ3v) is 4.94. The van der Waals surface area contributed by atoms with Gasteiger partial charge in [-0.15, -0.1) is 0 Å². The van der Waals surface area contributed by atoms with Crippen LogP contribution in [0.1, 0.15) is 11.1 Å². The minimum absolute atomic E-state index is 0.0808. The second kappa shape index (κ2) is 9.56. The van der Waals surface area contributed by atoms with Crippen molar-refractivity contribution in [3.8, 4) is 58.7 Å². The van der Waals surface area contributed by atoms with Crippen LogP contribution in [0.5, 0.6) is 0 Å². The van der Waals surface area contributed by atoms with Gasteiger partial charge in [-0.3, -0.25) is 0 Å². The van der Waals surface area contributed by atoms with Gasteiger partial charge in [-0.25, -0.2) is 8.78 Å². The Hall–Kier alpha value is -5.80. The Balaban J connectivity index is 2.62. The average molecular weight is 442 g/mol. The lowest BCUT2D eigenvalue weighted by Crippen LogP contribution is -2.19. The van der Waals surface area contributed by atoms with Gasteiger partial charge in [0.05, 0.1) is 11.1 Å². The van der Waals surface area contributed by atoms with Crippen LogP contribution in [-0.4, -0.2) is 0 Å². The minimum Gasteiger partial charge on any atom is -0.206 e. The van der Waals surface area contributed by atoms with Gasteiger partial charge in [0.1, 0.15) is 59.2 Å². The van der Waals surface area contributed by atoms with Crippen molar-refractivity contribution in [3.05, 3.63) is 81.7 Å². The Bertz CT molecular complexity index is 1580. The summed E-state index contributed by atoms with van der Waals surface area (Å²) in [6, 6.07) is 20.4.